The van der Waals surface area contributed by atoms with Crippen LogP contribution in [0.1, 0.15) is 197 Å². The summed E-state index contributed by atoms with van der Waals surface area (Å²) in [6.45, 7) is 20.7. The van der Waals surface area contributed by atoms with Crippen molar-refractivity contribution in [2.24, 2.45) is 16.8 Å². The summed E-state index contributed by atoms with van der Waals surface area (Å²) >= 11 is 5.53. The Labute approximate surface area is 740 Å². The third-order valence-electron chi connectivity index (χ3n) is 21.5. The molecule has 12 rings (SSSR count). The van der Waals surface area contributed by atoms with Crippen LogP contribution in [0.3, 0.4) is 0 Å². The number of unbranched alkanes of at least 4 members (excludes halogenated alkanes) is 1. The molecule has 33 nitrogen and oxygen atoms in total. The van der Waals surface area contributed by atoms with Crippen molar-refractivity contribution in [3.63, 3.8) is 0 Å². The molecule has 4 aliphatic heterocycles. The van der Waals surface area contributed by atoms with Crippen LogP contribution < -0.4 is 31.6 Å². The third-order valence-corrected chi connectivity index (χ3v) is 21.6. The van der Waals surface area contributed by atoms with Gasteiger partial charge >= 0.3 is 35.8 Å². The number of nitrogens with one attached hydrogen (secondary N) is 1. The van der Waals surface area contributed by atoms with Crippen LogP contribution in [0.4, 0.5) is 19.2 Å². The van der Waals surface area contributed by atoms with Crippen LogP contribution in [0, 0.1) is 5.92 Å². The first kappa shape index (κ1) is 95.4. The number of esters is 2. The summed E-state index contributed by atoms with van der Waals surface area (Å²) < 4.78 is 74.6. The van der Waals surface area contributed by atoms with Crippen LogP contribution in [0.25, 0.3) is 55.0 Å². The molecular formula is C93H108ClN9O24. The van der Waals surface area contributed by atoms with Crippen LogP contribution in [-0.2, 0) is 146 Å². The highest BCUT2D eigenvalue weighted by molar-refractivity contribution is 6.61. The molecule has 4 aliphatic rings. The second kappa shape index (κ2) is 43.8. The van der Waals surface area contributed by atoms with Gasteiger partial charge in [0.2, 0.25) is 17.1 Å². The van der Waals surface area contributed by atoms with Crippen molar-refractivity contribution >= 4 is 92.5 Å². The molecule has 8 heterocycles. The smallest absolute Gasteiger partial charge is 0.457 e. The Morgan fingerprint density at radius 2 is 1.14 bits per heavy atom. The van der Waals surface area contributed by atoms with Crippen molar-refractivity contribution in [1.29, 1.82) is 0 Å². The van der Waals surface area contributed by atoms with Crippen LogP contribution in [0.15, 0.2) is 118 Å². The highest BCUT2D eigenvalue weighted by Gasteiger charge is 2.53. The first-order chi connectivity index (χ1) is 61.2. The van der Waals surface area contributed by atoms with Gasteiger partial charge in [-0.3, -0.25) is 28.8 Å². The molecule has 4 atom stereocenters. The number of amides is 1. The van der Waals surface area contributed by atoms with E-state index in [0.717, 1.165) is 38.6 Å². The molecule has 34 heteroatoms. The molecule has 0 fully saturated rings. The number of carbonyl (C=O) groups is 10. The largest absolute Gasteiger partial charge is 0.514 e. The van der Waals surface area contributed by atoms with Crippen molar-refractivity contribution in [3.05, 3.63) is 195 Å². The molecule has 0 bridgehead atoms. The summed E-state index contributed by atoms with van der Waals surface area (Å²) in [6, 6.07) is 28.4. The van der Waals surface area contributed by atoms with Gasteiger partial charge in [0.25, 0.3) is 11.1 Å². The van der Waals surface area contributed by atoms with E-state index in [-0.39, 0.29) is 149 Å². The number of rotatable bonds is 37. The minimum Gasteiger partial charge on any atom is -0.457 e. The van der Waals surface area contributed by atoms with Crippen molar-refractivity contribution < 1.29 is 106 Å². The molecule has 2 unspecified atom stereocenters. The molecule has 1 amide bonds. The van der Waals surface area contributed by atoms with Crippen LogP contribution in [0.5, 0.6) is 11.5 Å². The normalized spacial score (nSPS) is 15.6. The van der Waals surface area contributed by atoms with Crippen LogP contribution in [-0.4, -0.2) is 148 Å². The van der Waals surface area contributed by atoms with E-state index >= 15 is 0 Å². The van der Waals surface area contributed by atoms with E-state index in [9.17, 15) is 57.5 Å². The lowest BCUT2D eigenvalue weighted by atomic mass is 9.85. The number of pyridine rings is 4. The van der Waals surface area contributed by atoms with E-state index in [2.05, 4.69) is 15.3 Å². The number of fused-ring (bicyclic) bond motifs is 10. The van der Waals surface area contributed by atoms with Gasteiger partial charge in [-0.2, -0.15) is 0 Å². The van der Waals surface area contributed by atoms with E-state index in [1.54, 1.807) is 144 Å². The molecule has 4 aromatic heterocycles. The number of aromatic nitrogens is 4. The van der Waals surface area contributed by atoms with Gasteiger partial charge in [0.1, 0.15) is 55.7 Å². The highest BCUT2D eigenvalue weighted by atomic mass is 35.5. The number of carbonyl (C=O) groups excluding carboxylic acids is 10. The third kappa shape index (κ3) is 23.9. The number of hydrogen-bond acceptors (Lipinski definition) is 28. The van der Waals surface area contributed by atoms with Gasteiger partial charge < -0.3 is 77.0 Å². The highest BCUT2D eigenvalue weighted by Crippen LogP contribution is 2.46. The first-order valence-corrected chi connectivity index (χ1v) is 42.6. The Morgan fingerprint density at radius 3 is 1.64 bits per heavy atom. The molecule has 127 heavy (non-hydrogen) atoms. The fraction of sp³-hybridized carbons (Fsp3) is 0.462. The second-order valence-corrected chi connectivity index (χ2v) is 32.7. The van der Waals surface area contributed by atoms with E-state index in [1.165, 1.54) is 0 Å². The van der Waals surface area contributed by atoms with Crippen molar-refractivity contribution in [3.8, 4) is 34.3 Å². The van der Waals surface area contributed by atoms with Gasteiger partial charge in [-0.1, -0.05) is 101 Å². The minimum absolute atomic E-state index is 0.0266. The van der Waals surface area contributed by atoms with Gasteiger partial charge in [-0.15, -0.1) is 0 Å². The Bertz CT molecular complexity index is 5650. The average Bonchev–Trinajstić information content (AvgIpc) is 1.50. The monoisotopic (exact) mass is 1770 g/mol. The van der Waals surface area contributed by atoms with Gasteiger partial charge in [0.05, 0.1) is 83.9 Å². The van der Waals surface area contributed by atoms with Gasteiger partial charge in [0, 0.05) is 89.2 Å². The molecule has 0 saturated carbocycles. The van der Waals surface area contributed by atoms with E-state index in [0.29, 0.717) is 122 Å². The van der Waals surface area contributed by atoms with Crippen molar-refractivity contribution in [2.45, 2.75) is 221 Å². The summed E-state index contributed by atoms with van der Waals surface area (Å²) in [5.41, 5.74) is 16.2. The van der Waals surface area contributed by atoms with E-state index in [4.69, 9.17) is 91.0 Å². The molecule has 0 aliphatic carbocycles. The maximum Gasteiger partial charge on any atom is 0.514 e. The number of cyclic esters (lactones) is 2. The summed E-state index contributed by atoms with van der Waals surface area (Å²) in [6.07, 6.45) is 0.266. The fourth-order valence-corrected chi connectivity index (χ4v) is 15.7. The van der Waals surface area contributed by atoms with Crippen molar-refractivity contribution in [1.82, 2.24) is 24.4 Å². The van der Waals surface area contributed by atoms with Crippen molar-refractivity contribution in [2.75, 3.05) is 52.7 Å². The molecule has 4 aromatic carbocycles. The van der Waals surface area contributed by atoms with Crippen LogP contribution >= 0.6 is 11.6 Å². The lowest BCUT2D eigenvalue weighted by molar-refractivity contribution is -0.175. The predicted molar refractivity (Wildman–Crippen MR) is 466 cm³/mol. The van der Waals surface area contributed by atoms with E-state index in [1.807, 2.05) is 44.2 Å². The number of benzene rings is 4. The SMILES string of the molecule is CCc1c2c(nc3ccc(OC(=O)OC(C)(C)C)cc13)-c1cc3c(c(=O)n1C2)COC(=O)[C@@]3(CC)OC(=O)Cl.CCc1c2c(nc3ccc(OC(=O)OC(C)(C)C)cc13)-c1cc3c(c(=O)n1C2)COC(=O)[C@@]3(CC)OC(=O)OCc1ccc(CC(=O)C(CCCCN)NC(=O)C(CC(=O)COCC(=O)CCCOCCOCCN=[N+]=[N-])Cc2ccccc2)cc1.[3H]CC. The molecule has 0 radical (unpaired) electrons. The number of azide groups is 1. The quantitative estimate of drug-likeness (QED) is 0.00533. The van der Waals surface area contributed by atoms with Gasteiger partial charge in [-0.05, 0) is 188 Å². The number of nitrogens with two attached hydrogens (primary N) is 1. The summed E-state index contributed by atoms with van der Waals surface area (Å²) in [5, 5.41) is 7.81. The van der Waals surface area contributed by atoms with E-state index < -0.39 is 81.7 Å². The lowest BCUT2D eigenvalue weighted by Crippen LogP contribution is -2.47. The second-order valence-electron chi connectivity index (χ2n) is 32.4. The number of aryl methyl sites for hydroxylation is 2. The average molecular weight is 1770 g/mol. The molecule has 3 N–H and O–H groups in total. The maximum atomic E-state index is 14.4. The topological polar surface area (TPSA) is 438 Å². The summed E-state index contributed by atoms with van der Waals surface area (Å²) in [4.78, 5) is 171. The molecule has 0 spiro atoms. The standard InChI is InChI=1S/C63H75N7O16.C28H27ClN2O8.C2H6/c1-6-47-48-33-46(84-61(78)85-62(3,4)5)22-23-52(48)67-56-49(47)35-70-54(56)34-51-50(58(70)75)39-82-59(76)63(51,7-2)86-60(77)83-36-42-20-18-41(19-21-42)31-55(73)53(17-11-12-24-64)68-57(74)43(30-40-14-9-8-10-15-40)32-45(72)38-81-37-44(71)16-13-26-79-28-29-80-27-25-66-69-65;1-6-15-16-10-14(37-26(35)39-27(3,4)5)8-9-20(16)30-22-17(15)12-31-21(22)11-19-18(23(31)32)13-36-24(33)28(19,7-2)38-25(29)34;1-2/h8-10,14-15,18-23,33-34,43,53H,6-7,11-13,16-17,24-32,35-39,64H2,1-5H3,(H,68,74);8-11H,6-7,12-13H2,1-5H3;1-2H3/t43?,53?,63-;28-;/m00./s1/i;;1T. The molecule has 676 valence electrons. The number of nitrogens with zero attached hydrogens (tertiary/aromatic N) is 7. The summed E-state index contributed by atoms with van der Waals surface area (Å²) in [7, 11) is 0. The Balaban J connectivity index is 0.000000335. The van der Waals surface area contributed by atoms with Crippen LogP contribution in [0.2, 0.25) is 0 Å². The Kier molecular flexibility index (Phi) is 32.9. The zero-order valence-electron chi connectivity index (χ0n) is 74.2. The minimum atomic E-state index is -2.04. The lowest BCUT2D eigenvalue weighted by Gasteiger charge is -2.35. The number of hydrogen-bond donors (Lipinski definition) is 2. The van der Waals surface area contributed by atoms with Gasteiger partial charge in [-0.25, -0.2) is 38.7 Å². The maximum absolute atomic E-state index is 14.4. The fourth-order valence-electron chi connectivity index (χ4n) is 15.6. The molecular weight excluding hydrogens is 1660 g/mol. The predicted octanol–water partition coefficient (Wildman–Crippen LogP) is 14.9. The zero-order valence-corrected chi connectivity index (χ0v) is 74.0. The number of ketones is 3. The molecule has 0 saturated heterocycles. The zero-order chi connectivity index (χ0) is 92.8. The number of Topliss-reactive ketones (excluding diaryl/α,β-unsaturated/α-hetero) is 3. The number of ether oxygens (including phenoxy) is 12. The first-order valence-electron chi connectivity index (χ1n) is 42.9. The Morgan fingerprint density at radius 1 is 0.630 bits per heavy atom. The number of halogens is 1. The van der Waals surface area contributed by atoms with Gasteiger partial charge in [0.15, 0.2) is 17.3 Å². The molecule has 8 aromatic rings. The Hall–Kier alpha value is -12.3. The summed E-state index contributed by atoms with van der Waals surface area (Å²) in [5.74, 6) is -3.30.